The van der Waals surface area contributed by atoms with Crippen molar-refractivity contribution in [1.29, 1.82) is 0 Å². The number of halogens is 2. The largest absolute Gasteiger partial charge is 0.435 e. The maximum absolute atomic E-state index is 12.7. The third-order valence-electron chi connectivity index (χ3n) is 6.97. The zero-order valence-electron chi connectivity index (χ0n) is 16.3. The van der Waals surface area contributed by atoms with Gasteiger partial charge in [0.05, 0.1) is 0 Å². The molecular weight excluding hydrogens is 394 g/mol. The molecule has 3 aliphatic rings. The predicted molar refractivity (Wildman–Crippen MR) is 109 cm³/mol. The fourth-order valence-electron chi connectivity index (χ4n) is 5.58. The molecule has 1 atom stereocenters. The van der Waals surface area contributed by atoms with E-state index in [1.54, 1.807) is 29.0 Å². The van der Waals surface area contributed by atoms with Crippen LogP contribution in [0.4, 0.5) is 13.9 Å². The molecular formula is C21H26F2N4OS. The van der Waals surface area contributed by atoms with Gasteiger partial charge in [-0.25, -0.2) is 0 Å². The maximum Gasteiger partial charge on any atom is 0.387 e. The first kappa shape index (κ1) is 19.2. The molecule has 2 aromatic rings. The van der Waals surface area contributed by atoms with E-state index < -0.39 is 6.61 Å². The molecule has 3 heterocycles. The van der Waals surface area contributed by atoms with Gasteiger partial charge in [0.2, 0.25) is 5.13 Å². The number of rotatable bonds is 5. The van der Waals surface area contributed by atoms with Crippen LogP contribution in [-0.4, -0.2) is 53.9 Å². The minimum Gasteiger partial charge on any atom is -0.435 e. The number of benzene rings is 1. The minimum absolute atomic E-state index is 0.299. The van der Waals surface area contributed by atoms with Crippen molar-refractivity contribution in [3.05, 3.63) is 35.3 Å². The summed E-state index contributed by atoms with van der Waals surface area (Å²) in [5.41, 5.74) is 3.18. The first-order valence-corrected chi connectivity index (χ1v) is 11.3. The predicted octanol–water partition coefficient (Wildman–Crippen LogP) is 4.38. The fourth-order valence-corrected chi connectivity index (χ4v) is 6.14. The zero-order valence-corrected chi connectivity index (χ0v) is 17.2. The van der Waals surface area contributed by atoms with Crippen molar-refractivity contribution in [2.24, 2.45) is 5.41 Å². The number of piperidine rings is 1. The van der Waals surface area contributed by atoms with Gasteiger partial charge in [0.15, 0.2) is 0 Å². The Bertz CT molecular complexity index is 820. The molecule has 0 N–H and O–H groups in total. The highest BCUT2D eigenvalue weighted by Gasteiger charge is 2.50. The Hall–Kier alpha value is -1.80. The first-order valence-electron chi connectivity index (χ1n) is 10.4. The Morgan fingerprint density at radius 2 is 1.93 bits per heavy atom. The van der Waals surface area contributed by atoms with Crippen molar-refractivity contribution < 1.29 is 13.5 Å². The van der Waals surface area contributed by atoms with E-state index in [2.05, 4.69) is 20.0 Å². The number of aromatic nitrogens is 2. The molecule has 2 saturated heterocycles. The number of likely N-dealkylation sites (tertiary alicyclic amines) is 1. The average Bonchev–Trinajstić information content (AvgIpc) is 3.37. The van der Waals surface area contributed by atoms with Gasteiger partial charge in [0.1, 0.15) is 11.3 Å². The molecule has 2 aliphatic heterocycles. The topological polar surface area (TPSA) is 41.5 Å². The normalized spacial score (nSPS) is 24.9. The SMILES string of the molecule is FC(F)Oc1ccccc1C1CCN([C@@H]2CCC3(C2)CN(c2nncs2)C3)CC1. The van der Waals surface area contributed by atoms with E-state index >= 15 is 0 Å². The number of hydrogen-bond acceptors (Lipinski definition) is 6. The van der Waals surface area contributed by atoms with Crippen molar-refractivity contribution in [1.82, 2.24) is 15.1 Å². The molecule has 29 heavy (non-hydrogen) atoms. The number of anilines is 1. The first-order chi connectivity index (χ1) is 14.1. The summed E-state index contributed by atoms with van der Waals surface area (Å²) in [5, 5.41) is 9.19. The maximum atomic E-state index is 12.7. The Morgan fingerprint density at radius 3 is 2.66 bits per heavy atom. The van der Waals surface area contributed by atoms with Gasteiger partial charge in [-0.15, -0.1) is 10.2 Å². The molecule has 1 aliphatic carbocycles. The van der Waals surface area contributed by atoms with Gasteiger partial charge in [0.25, 0.3) is 0 Å². The third-order valence-corrected chi connectivity index (χ3v) is 7.72. The van der Waals surface area contributed by atoms with Gasteiger partial charge in [-0.2, -0.15) is 8.78 Å². The molecule has 0 radical (unpaired) electrons. The number of hydrogen-bond donors (Lipinski definition) is 0. The summed E-state index contributed by atoms with van der Waals surface area (Å²) in [6.07, 6.45) is 5.82. The molecule has 0 unspecified atom stereocenters. The molecule has 1 spiro atoms. The lowest BCUT2D eigenvalue weighted by Crippen LogP contribution is -2.56. The third kappa shape index (κ3) is 3.84. The summed E-state index contributed by atoms with van der Waals surface area (Å²) < 4.78 is 30.2. The van der Waals surface area contributed by atoms with E-state index in [4.69, 9.17) is 4.74 Å². The molecule has 156 valence electrons. The minimum atomic E-state index is -2.77. The van der Waals surface area contributed by atoms with Crippen LogP contribution in [0, 0.1) is 5.41 Å². The Balaban J connectivity index is 1.15. The van der Waals surface area contributed by atoms with Crippen molar-refractivity contribution in [2.75, 3.05) is 31.1 Å². The van der Waals surface area contributed by atoms with Crippen LogP contribution in [0.3, 0.4) is 0 Å². The molecule has 5 rings (SSSR count). The second kappa shape index (κ2) is 7.80. The second-order valence-corrected chi connectivity index (χ2v) is 9.51. The smallest absolute Gasteiger partial charge is 0.387 e. The Labute approximate surface area is 173 Å². The van der Waals surface area contributed by atoms with E-state index in [0.717, 1.165) is 49.7 Å². The zero-order chi connectivity index (χ0) is 19.8. The van der Waals surface area contributed by atoms with Crippen LogP contribution in [0.15, 0.2) is 29.8 Å². The highest BCUT2D eigenvalue weighted by atomic mass is 32.1. The molecule has 8 heteroatoms. The van der Waals surface area contributed by atoms with Gasteiger partial charge in [-0.3, -0.25) is 0 Å². The van der Waals surface area contributed by atoms with Gasteiger partial charge in [0, 0.05) is 24.5 Å². The van der Waals surface area contributed by atoms with Crippen LogP contribution in [0.25, 0.3) is 0 Å². The van der Waals surface area contributed by atoms with Gasteiger partial charge >= 0.3 is 6.61 Å². The number of ether oxygens (including phenoxy) is 1. The standard InChI is InChI=1S/C21H26F2N4OS/c22-19(23)28-18-4-2-1-3-17(18)15-6-9-26(10-7-15)16-5-8-21(11-16)12-27(13-21)20-25-24-14-29-20/h1-4,14-16,19H,5-13H2/t16-/m1/s1. The summed E-state index contributed by atoms with van der Waals surface area (Å²) in [7, 11) is 0. The molecule has 1 saturated carbocycles. The van der Waals surface area contributed by atoms with E-state index in [0.29, 0.717) is 23.1 Å². The summed E-state index contributed by atoms with van der Waals surface area (Å²) >= 11 is 1.62. The van der Waals surface area contributed by atoms with Gasteiger partial charge in [-0.05, 0) is 62.7 Å². The van der Waals surface area contributed by atoms with E-state index in [-0.39, 0.29) is 0 Å². The van der Waals surface area contributed by atoms with Crippen molar-refractivity contribution in [2.45, 2.75) is 50.7 Å². The lowest BCUT2D eigenvalue weighted by atomic mass is 9.78. The summed E-state index contributed by atoms with van der Waals surface area (Å²) in [6.45, 7) is 1.51. The summed E-state index contributed by atoms with van der Waals surface area (Å²) in [6, 6.07) is 7.94. The highest BCUT2D eigenvalue weighted by molar-refractivity contribution is 7.13. The molecule has 1 aromatic heterocycles. The van der Waals surface area contributed by atoms with Crippen LogP contribution < -0.4 is 9.64 Å². The molecule has 1 aromatic carbocycles. The van der Waals surface area contributed by atoms with Gasteiger partial charge in [-0.1, -0.05) is 29.5 Å². The Kier molecular flexibility index (Phi) is 5.16. The number of alkyl halides is 2. The van der Waals surface area contributed by atoms with Crippen LogP contribution >= 0.6 is 11.3 Å². The van der Waals surface area contributed by atoms with E-state index in [1.807, 2.05) is 12.1 Å². The second-order valence-electron chi connectivity index (χ2n) is 8.70. The molecule has 0 amide bonds. The summed E-state index contributed by atoms with van der Waals surface area (Å²) in [5.74, 6) is 0.639. The lowest BCUT2D eigenvalue weighted by molar-refractivity contribution is -0.0508. The Morgan fingerprint density at radius 1 is 1.14 bits per heavy atom. The fraction of sp³-hybridized carbons (Fsp3) is 0.619. The number of nitrogens with zero attached hydrogens (tertiary/aromatic N) is 4. The molecule has 3 fully saturated rings. The van der Waals surface area contributed by atoms with Gasteiger partial charge < -0.3 is 14.5 Å². The number of para-hydroxylation sites is 1. The monoisotopic (exact) mass is 420 g/mol. The highest BCUT2D eigenvalue weighted by Crippen LogP contribution is 2.49. The van der Waals surface area contributed by atoms with E-state index in [1.165, 1.54) is 19.3 Å². The van der Waals surface area contributed by atoms with E-state index in [9.17, 15) is 8.78 Å². The van der Waals surface area contributed by atoms with Crippen molar-refractivity contribution in [3.8, 4) is 5.75 Å². The van der Waals surface area contributed by atoms with Crippen LogP contribution in [-0.2, 0) is 0 Å². The van der Waals surface area contributed by atoms with Crippen molar-refractivity contribution in [3.63, 3.8) is 0 Å². The summed E-state index contributed by atoms with van der Waals surface area (Å²) in [4.78, 5) is 4.99. The van der Waals surface area contributed by atoms with Crippen LogP contribution in [0.2, 0.25) is 0 Å². The van der Waals surface area contributed by atoms with Crippen LogP contribution in [0.5, 0.6) is 5.75 Å². The molecule has 5 nitrogen and oxygen atoms in total. The lowest BCUT2D eigenvalue weighted by Gasteiger charge is -2.48. The quantitative estimate of drug-likeness (QED) is 0.718. The van der Waals surface area contributed by atoms with Crippen molar-refractivity contribution >= 4 is 16.5 Å². The average molecular weight is 421 g/mol. The van der Waals surface area contributed by atoms with Crippen LogP contribution in [0.1, 0.15) is 43.6 Å². The molecule has 0 bridgehead atoms.